The Morgan fingerprint density at radius 3 is 2.67 bits per heavy atom. The first-order valence-corrected chi connectivity index (χ1v) is 5.46. The SMILES string of the molecule is CC(C)c1ccc(C=O)c(OC2CC2)c1. The fourth-order valence-electron chi connectivity index (χ4n) is 1.47. The molecule has 1 aliphatic rings. The summed E-state index contributed by atoms with van der Waals surface area (Å²) in [6.45, 7) is 4.27. The molecule has 1 aliphatic carbocycles. The Hall–Kier alpha value is -1.31. The van der Waals surface area contributed by atoms with Crippen LogP contribution in [0.15, 0.2) is 18.2 Å². The molecular formula is C13H16O2. The lowest BCUT2D eigenvalue weighted by Crippen LogP contribution is -2.00. The van der Waals surface area contributed by atoms with Gasteiger partial charge in [0.25, 0.3) is 0 Å². The molecule has 2 nitrogen and oxygen atoms in total. The Bertz CT molecular complexity index is 365. The third kappa shape index (κ3) is 2.38. The van der Waals surface area contributed by atoms with E-state index in [-0.39, 0.29) is 0 Å². The predicted molar refractivity (Wildman–Crippen MR) is 59.6 cm³/mol. The van der Waals surface area contributed by atoms with Crippen molar-refractivity contribution in [1.82, 2.24) is 0 Å². The van der Waals surface area contributed by atoms with Gasteiger partial charge in [0.2, 0.25) is 0 Å². The van der Waals surface area contributed by atoms with Gasteiger partial charge < -0.3 is 4.74 Å². The molecule has 0 aromatic heterocycles. The zero-order valence-electron chi connectivity index (χ0n) is 9.19. The first kappa shape index (κ1) is 10.2. The molecule has 0 bridgehead atoms. The van der Waals surface area contributed by atoms with Crippen LogP contribution in [0.25, 0.3) is 0 Å². The summed E-state index contributed by atoms with van der Waals surface area (Å²) in [5.74, 6) is 1.21. The van der Waals surface area contributed by atoms with E-state index in [1.54, 1.807) is 0 Å². The lowest BCUT2D eigenvalue weighted by atomic mass is 10.0. The molecule has 15 heavy (non-hydrogen) atoms. The molecule has 0 amide bonds. The molecule has 2 rings (SSSR count). The monoisotopic (exact) mass is 204 g/mol. The quantitative estimate of drug-likeness (QED) is 0.704. The minimum Gasteiger partial charge on any atom is -0.490 e. The molecule has 0 aliphatic heterocycles. The van der Waals surface area contributed by atoms with Crippen molar-refractivity contribution in [2.75, 3.05) is 0 Å². The zero-order valence-corrected chi connectivity index (χ0v) is 9.19. The van der Waals surface area contributed by atoms with Crippen LogP contribution in [0.5, 0.6) is 5.75 Å². The molecule has 0 spiro atoms. The first-order valence-electron chi connectivity index (χ1n) is 5.46. The normalized spacial score (nSPS) is 15.4. The summed E-state index contributed by atoms with van der Waals surface area (Å²) in [4.78, 5) is 10.8. The van der Waals surface area contributed by atoms with Crippen molar-refractivity contribution in [1.29, 1.82) is 0 Å². The maximum Gasteiger partial charge on any atom is 0.153 e. The minimum atomic E-state index is 0.339. The number of carbonyl (C=O) groups excluding carboxylic acids is 1. The lowest BCUT2D eigenvalue weighted by molar-refractivity contribution is 0.111. The van der Waals surface area contributed by atoms with Gasteiger partial charge in [0.05, 0.1) is 11.7 Å². The Morgan fingerprint density at radius 1 is 1.40 bits per heavy atom. The van der Waals surface area contributed by atoms with Gasteiger partial charge in [0.1, 0.15) is 5.75 Å². The number of benzene rings is 1. The minimum absolute atomic E-state index is 0.339. The van der Waals surface area contributed by atoms with Crippen LogP contribution < -0.4 is 4.74 Å². The largest absolute Gasteiger partial charge is 0.490 e. The molecule has 0 unspecified atom stereocenters. The highest BCUT2D eigenvalue weighted by atomic mass is 16.5. The second kappa shape index (κ2) is 4.05. The van der Waals surface area contributed by atoms with Crippen LogP contribution >= 0.6 is 0 Å². The van der Waals surface area contributed by atoms with Gasteiger partial charge in [-0.2, -0.15) is 0 Å². The maximum atomic E-state index is 10.8. The van der Waals surface area contributed by atoms with E-state index in [2.05, 4.69) is 13.8 Å². The van der Waals surface area contributed by atoms with E-state index in [9.17, 15) is 4.79 Å². The number of hydrogen-bond acceptors (Lipinski definition) is 2. The summed E-state index contributed by atoms with van der Waals surface area (Å²) in [5.41, 5.74) is 1.88. The average molecular weight is 204 g/mol. The molecule has 0 radical (unpaired) electrons. The second-order valence-electron chi connectivity index (χ2n) is 4.39. The number of aldehydes is 1. The molecule has 1 aromatic carbocycles. The predicted octanol–water partition coefficient (Wildman–Crippen LogP) is 3.16. The van der Waals surface area contributed by atoms with E-state index in [0.717, 1.165) is 24.9 Å². The van der Waals surface area contributed by atoms with Gasteiger partial charge in [0.15, 0.2) is 6.29 Å². The van der Waals surface area contributed by atoms with Crippen molar-refractivity contribution in [3.05, 3.63) is 29.3 Å². The topological polar surface area (TPSA) is 26.3 Å². The molecule has 1 saturated carbocycles. The van der Waals surface area contributed by atoms with Gasteiger partial charge in [0, 0.05) is 0 Å². The zero-order chi connectivity index (χ0) is 10.8. The van der Waals surface area contributed by atoms with Gasteiger partial charge in [-0.25, -0.2) is 0 Å². The molecule has 0 atom stereocenters. The van der Waals surface area contributed by atoms with E-state index >= 15 is 0 Å². The van der Waals surface area contributed by atoms with E-state index in [1.165, 1.54) is 5.56 Å². The van der Waals surface area contributed by atoms with Gasteiger partial charge in [-0.15, -0.1) is 0 Å². The van der Waals surface area contributed by atoms with E-state index in [1.807, 2.05) is 18.2 Å². The summed E-state index contributed by atoms with van der Waals surface area (Å²) in [6.07, 6.45) is 3.43. The number of carbonyl (C=O) groups is 1. The number of ether oxygens (including phenoxy) is 1. The second-order valence-corrected chi connectivity index (χ2v) is 4.39. The fourth-order valence-corrected chi connectivity index (χ4v) is 1.47. The Kier molecular flexibility index (Phi) is 2.76. The molecular weight excluding hydrogens is 188 g/mol. The molecule has 80 valence electrons. The van der Waals surface area contributed by atoms with Crippen molar-refractivity contribution in [2.24, 2.45) is 0 Å². The van der Waals surface area contributed by atoms with Crippen LogP contribution in [0, 0.1) is 0 Å². The van der Waals surface area contributed by atoms with Crippen LogP contribution in [-0.2, 0) is 0 Å². The number of hydrogen-bond donors (Lipinski definition) is 0. The van der Waals surface area contributed by atoms with Crippen LogP contribution in [-0.4, -0.2) is 12.4 Å². The van der Waals surface area contributed by atoms with Crippen LogP contribution in [0.4, 0.5) is 0 Å². The van der Waals surface area contributed by atoms with Crippen molar-refractivity contribution in [3.63, 3.8) is 0 Å². The van der Waals surface area contributed by atoms with Crippen LogP contribution in [0.2, 0.25) is 0 Å². The third-order valence-corrected chi connectivity index (χ3v) is 2.65. The highest BCUT2D eigenvalue weighted by Gasteiger charge is 2.24. The van der Waals surface area contributed by atoms with E-state index in [4.69, 9.17) is 4.74 Å². The van der Waals surface area contributed by atoms with Gasteiger partial charge in [-0.1, -0.05) is 19.9 Å². The molecule has 0 N–H and O–H groups in total. The van der Waals surface area contributed by atoms with Gasteiger partial charge in [-0.05, 0) is 36.5 Å². The van der Waals surface area contributed by atoms with Crippen molar-refractivity contribution >= 4 is 6.29 Å². The van der Waals surface area contributed by atoms with Crippen molar-refractivity contribution in [3.8, 4) is 5.75 Å². The van der Waals surface area contributed by atoms with Gasteiger partial charge >= 0.3 is 0 Å². The summed E-state index contributed by atoms with van der Waals surface area (Å²) in [6, 6.07) is 5.83. The van der Waals surface area contributed by atoms with Crippen molar-refractivity contribution in [2.45, 2.75) is 38.7 Å². The van der Waals surface area contributed by atoms with E-state index in [0.29, 0.717) is 17.6 Å². The smallest absolute Gasteiger partial charge is 0.153 e. The highest BCUT2D eigenvalue weighted by molar-refractivity contribution is 5.79. The van der Waals surface area contributed by atoms with Crippen LogP contribution in [0.1, 0.15) is 48.5 Å². The Balaban J connectivity index is 2.28. The maximum absolute atomic E-state index is 10.8. The first-order chi connectivity index (χ1) is 7.20. The number of rotatable bonds is 4. The standard InChI is InChI=1S/C13H16O2/c1-9(2)10-3-4-11(8-14)13(7-10)15-12-5-6-12/h3-4,7-9,12H,5-6H2,1-2H3. The Morgan fingerprint density at radius 2 is 2.13 bits per heavy atom. The molecule has 0 saturated heterocycles. The molecule has 1 fully saturated rings. The lowest BCUT2D eigenvalue weighted by Gasteiger charge is -2.11. The summed E-state index contributed by atoms with van der Waals surface area (Å²) >= 11 is 0. The summed E-state index contributed by atoms with van der Waals surface area (Å²) in [7, 11) is 0. The fraction of sp³-hybridized carbons (Fsp3) is 0.462. The van der Waals surface area contributed by atoms with Crippen molar-refractivity contribution < 1.29 is 9.53 Å². The molecule has 1 aromatic rings. The average Bonchev–Trinajstić information content (AvgIpc) is 3.01. The summed E-state index contributed by atoms with van der Waals surface area (Å²) < 4.78 is 5.71. The molecule has 2 heteroatoms. The summed E-state index contributed by atoms with van der Waals surface area (Å²) in [5, 5.41) is 0. The Labute approximate surface area is 90.3 Å². The van der Waals surface area contributed by atoms with Crippen LogP contribution in [0.3, 0.4) is 0 Å². The highest BCUT2D eigenvalue weighted by Crippen LogP contribution is 2.30. The van der Waals surface area contributed by atoms with E-state index < -0.39 is 0 Å². The third-order valence-electron chi connectivity index (χ3n) is 2.65. The van der Waals surface area contributed by atoms with Gasteiger partial charge in [-0.3, -0.25) is 4.79 Å². The molecule has 0 heterocycles.